The third-order valence-corrected chi connectivity index (χ3v) is 6.55. The second-order valence-corrected chi connectivity index (χ2v) is 8.74. The Labute approximate surface area is 196 Å². The lowest BCUT2D eigenvalue weighted by atomic mass is 10.1. The van der Waals surface area contributed by atoms with Gasteiger partial charge >= 0.3 is 0 Å². The van der Waals surface area contributed by atoms with Gasteiger partial charge in [0.15, 0.2) is 5.17 Å². The summed E-state index contributed by atoms with van der Waals surface area (Å²) in [4.78, 5) is 20.0. The van der Waals surface area contributed by atoms with Crippen molar-refractivity contribution in [2.24, 2.45) is 4.99 Å². The van der Waals surface area contributed by atoms with Gasteiger partial charge in [0.1, 0.15) is 5.82 Å². The van der Waals surface area contributed by atoms with Gasteiger partial charge < -0.3 is 0 Å². The summed E-state index contributed by atoms with van der Waals surface area (Å²) in [5.74, 6) is -0.736. The third-order valence-electron chi connectivity index (χ3n) is 5.25. The van der Waals surface area contributed by atoms with Crippen LogP contribution in [0.15, 0.2) is 76.6 Å². The van der Waals surface area contributed by atoms with Crippen molar-refractivity contribution in [1.29, 1.82) is 0 Å². The molecule has 1 saturated heterocycles. The van der Waals surface area contributed by atoms with Crippen LogP contribution < -0.4 is 4.90 Å². The molecule has 0 spiro atoms. The van der Waals surface area contributed by atoms with E-state index in [1.54, 1.807) is 11.0 Å². The highest BCUT2D eigenvalue weighted by Crippen LogP contribution is 2.38. The number of nitrogens with zero attached hydrogens (tertiary/aromatic N) is 2. The molecule has 4 rings (SSSR count). The normalized spacial score (nSPS) is 16.4. The van der Waals surface area contributed by atoms with Gasteiger partial charge in [-0.1, -0.05) is 55.8 Å². The van der Waals surface area contributed by atoms with E-state index in [0.717, 1.165) is 18.5 Å². The Bertz CT molecular complexity index is 1180. The lowest BCUT2D eigenvalue weighted by molar-refractivity contribution is -0.113. The van der Waals surface area contributed by atoms with Crippen LogP contribution in [0.5, 0.6) is 0 Å². The van der Waals surface area contributed by atoms with Crippen LogP contribution in [0.2, 0.25) is 5.02 Å². The zero-order valence-electron chi connectivity index (χ0n) is 17.8. The molecule has 3 nitrogen and oxygen atoms in total. The molecule has 1 heterocycles. The Morgan fingerprint density at radius 1 is 0.969 bits per heavy atom. The Hall–Kier alpha value is -2.89. The van der Waals surface area contributed by atoms with Gasteiger partial charge in [-0.15, -0.1) is 0 Å². The van der Waals surface area contributed by atoms with Crippen molar-refractivity contribution in [3.8, 4) is 0 Å². The molecule has 0 aromatic heterocycles. The van der Waals surface area contributed by atoms with Crippen LogP contribution in [0.1, 0.15) is 30.5 Å². The lowest BCUT2D eigenvalue weighted by Gasteiger charge is -2.16. The molecule has 0 saturated carbocycles. The van der Waals surface area contributed by atoms with E-state index in [1.807, 2.05) is 48.5 Å². The summed E-state index contributed by atoms with van der Waals surface area (Å²) in [5.41, 5.74) is 4.05. The minimum Gasteiger partial charge on any atom is -0.268 e. The molecule has 1 aliphatic rings. The van der Waals surface area contributed by atoms with Crippen LogP contribution in [-0.2, 0) is 17.6 Å². The predicted molar refractivity (Wildman–Crippen MR) is 133 cm³/mol. The molecule has 0 unspecified atom stereocenters. The fourth-order valence-corrected chi connectivity index (χ4v) is 4.55. The fourth-order valence-electron chi connectivity index (χ4n) is 3.35. The molecule has 3 aromatic carbocycles. The summed E-state index contributed by atoms with van der Waals surface area (Å²) in [7, 11) is 0. The summed E-state index contributed by atoms with van der Waals surface area (Å²) >= 11 is 7.40. The number of rotatable bonds is 5. The van der Waals surface area contributed by atoms with Crippen molar-refractivity contribution in [3.05, 3.63) is 99.2 Å². The molecule has 3 aromatic rings. The second kappa shape index (κ2) is 9.72. The van der Waals surface area contributed by atoms with Gasteiger partial charge in [-0.25, -0.2) is 9.38 Å². The van der Waals surface area contributed by atoms with Gasteiger partial charge in [0, 0.05) is 5.56 Å². The summed E-state index contributed by atoms with van der Waals surface area (Å²) in [6.07, 6.45) is 3.35. The minimum absolute atomic E-state index is 0.194. The van der Waals surface area contributed by atoms with Crippen LogP contribution in [0.4, 0.5) is 15.8 Å². The first-order valence-corrected chi connectivity index (χ1v) is 11.6. The van der Waals surface area contributed by atoms with Gasteiger partial charge in [-0.05, 0) is 78.2 Å². The fraction of sp³-hybridized carbons (Fsp3) is 0.154. The number of amidine groups is 1. The first-order valence-electron chi connectivity index (χ1n) is 10.4. The van der Waals surface area contributed by atoms with Crippen LogP contribution in [-0.4, -0.2) is 11.1 Å². The molecule has 1 aliphatic heterocycles. The predicted octanol–water partition coefficient (Wildman–Crippen LogP) is 7.41. The van der Waals surface area contributed by atoms with Gasteiger partial charge in [0.2, 0.25) is 0 Å². The van der Waals surface area contributed by atoms with Crippen LogP contribution in [0.25, 0.3) is 6.08 Å². The van der Waals surface area contributed by atoms with E-state index < -0.39 is 5.82 Å². The van der Waals surface area contributed by atoms with E-state index in [0.29, 0.717) is 15.8 Å². The Morgan fingerprint density at radius 3 is 2.19 bits per heavy atom. The van der Waals surface area contributed by atoms with Crippen LogP contribution in [0.3, 0.4) is 0 Å². The number of carbonyl (C=O) groups excluding carboxylic acids is 1. The van der Waals surface area contributed by atoms with Crippen molar-refractivity contribution in [2.45, 2.75) is 26.7 Å². The summed E-state index contributed by atoms with van der Waals surface area (Å²) in [6.45, 7) is 4.18. The number of thioether (sulfide) groups is 1. The van der Waals surface area contributed by atoms with Crippen LogP contribution in [0, 0.1) is 5.82 Å². The number of amides is 1. The zero-order valence-corrected chi connectivity index (χ0v) is 19.4. The van der Waals surface area contributed by atoms with E-state index >= 15 is 0 Å². The van der Waals surface area contributed by atoms with Crippen LogP contribution >= 0.6 is 23.4 Å². The number of hydrogen-bond donors (Lipinski definition) is 0. The molecular formula is C26H22ClFN2OS. The minimum atomic E-state index is -0.474. The first kappa shape index (κ1) is 22.3. The van der Waals surface area contributed by atoms with E-state index in [2.05, 4.69) is 13.8 Å². The number of hydrogen-bond acceptors (Lipinski definition) is 3. The summed E-state index contributed by atoms with van der Waals surface area (Å²) in [5, 5.41) is 0.771. The Kier molecular flexibility index (Phi) is 6.77. The maximum Gasteiger partial charge on any atom is 0.271 e. The van der Waals surface area contributed by atoms with Crippen molar-refractivity contribution >= 4 is 51.9 Å². The smallest absolute Gasteiger partial charge is 0.268 e. The molecule has 1 amide bonds. The molecular weight excluding hydrogens is 443 g/mol. The highest BCUT2D eigenvalue weighted by molar-refractivity contribution is 8.19. The molecule has 162 valence electrons. The first-order chi connectivity index (χ1) is 15.5. The SMILES string of the molecule is CCc1ccc(N=C2S/C(=C/c3c(F)cccc3Cl)C(=O)N2c2ccc(CC)cc2)cc1. The second-order valence-electron chi connectivity index (χ2n) is 7.32. The lowest BCUT2D eigenvalue weighted by Crippen LogP contribution is -2.28. The summed E-state index contributed by atoms with van der Waals surface area (Å²) < 4.78 is 14.4. The third kappa shape index (κ3) is 4.64. The highest BCUT2D eigenvalue weighted by Gasteiger charge is 2.35. The molecule has 0 radical (unpaired) electrons. The number of aryl methyl sites for hydroxylation is 2. The van der Waals surface area contributed by atoms with E-state index in [9.17, 15) is 9.18 Å². The number of carbonyl (C=O) groups is 1. The monoisotopic (exact) mass is 464 g/mol. The Morgan fingerprint density at radius 2 is 1.59 bits per heavy atom. The molecule has 1 fully saturated rings. The Balaban J connectivity index is 1.78. The van der Waals surface area contributed by atoms with E-state index in [4.69, 9.17) is 16.6 Å². The molecule has 0 atom stereocenters. The van der Waals surface area contributed by atoms with E-state index in [-0.39, 0.29) is 16.5 Å². The number of aliphatic imine (C=N–C) groups is 1. The largest absolute Gasteiger partial charge is 0.271 e. The summed E-state index contributed by atoms with van der Waals surface area (Å²) in [6, 6.07) is 20.2. The topological polar surface area (TPSA) is 32.7 Å². The number of anilines is 1. The van der Waals surface area contributed by atoms with Gasteiger partial charge in [0.25, 0.3) is 5.91 Å². The van der Waals surface area contributed by atoms with Gasteiger partial charge in [-0.2, -0.15) is 0 Å². The van der Waals surface area contributed by atoms with E-state index in [1.165, 1.54) is 41.1 Å². The molecule has 0 bridgehead atoms. The van der Waals surface area contributed by atoms with Crippen molar-refractivity contribution < 1.29 is 9.18 Å². The van der Waals surface area contributed by atoms with Gasteiger partial charge in [0.05, 0.1) is 21.3 Å². The maximum absolute atomic E-state index is 14.4. The van der Waals surface area contributed by atoms with Gasteiger partial charge in [-0.3, -0.25) is 9.69 Å². The quantitative estimate of drug-likeness (QED) is 0.368. The van der Waals surface area contributed by atoms with Crippen molar-refractivity contribution in [1.82, 2.24) is 0 Å². The average Bonchev–Trinajstić information content (AvgIpc) is 3.11. The highest BCUT2D eigenvalue weighted by atomic mass is 35.5. The number of halogens is 2. The molecule has 0 N–H and O–H groups in total. The number of benzene rings is 3. The standard InChI is InChI=1S/C26H22ClFN2OS/c1-3-17-8-12-19(13-9-17)29-26-30(20-14-10-18(4-2)11-15-20)25(31)24(32-26)16-21-22(27)6-5-7-23(21)28/h5-16H,3-4H2,1-2H3/b24-16+,29-26?. The molecule has 6 heteroatoms. The molecule has 32 heavy (non-hydrogen) atoms. The zero-order chi connectivity index (χ0) is 22.7. The average molecular weight is 465 g/mol. The van der Waals surface area contributed by atoms with Crippen molar-refractivity contribution in [2.75, 3.05) is 4.90 Å². The molecule has 0 aliphatic carbocycles. The van der Waals surface area contributed by atoms with Crippen molar-refractivity contribution in [3.63, 3.8) is 0 Å². The maximum atomic E-state index is 14.4.